The Morgan fingerprint density at radius 3 is 2.69 bits per heavy atom. The molecule has 0 spiro atoms. The van der Waals surface area contributed by atoms with Crippen LogP contribution in [0.4, 0.5) is 0 Å². The zero-order valence-electron chi connectivity index (χ0n) is 14.9. The van der Waals surface area contributed by atoms with Gasteiger partial charge in [-0.1, -0.05) is 11.5 Å². The van der Waals surface area contributed by atoms with E-state index >= 15 is 0 Å². The Balaban J connectivity index is 1.84. The molecular weight excluding hydrogens is 351 g/mol. The number of rotatable bonds is 6. The second-order valence-corrected chi connectivity index (χ2v) is 7.83. The topological polar surface area (TPSA) is 74.6 Å². The zero-order chi connectivity index (χ0) is 18.7. The van der Waals surface area contributed by atoms with Crippen LogP contribution in [0.5, 0.6) is 5.75 Å². The van der Waals surface area contributed by atoms with Gasteiger partial charge in [0.2, 0.25) is 0 Å². The number of nitrogens with zero attached hydrogens (tertiary/aromatic N) is 2. The van der Waals surface area contributed by atoms with Crippen LogP contribution in [0, 0.1) is 0 Å². The molecule has 26 heavy (non-hydrogen) atoms. The Bertz CT molecular complexity index is 865. The van der Waals surface area contributed by atoms with Gasteiger partial charge in [0.15, 0.2) is 10.7 Å². The van der Waals surface area contributed by atoms with Crippen molar-refractivity contribution in [1.82, 2.24) is 8.87 Å². The average molecular weight is 372 g/mol. The van der Waals surface area contributed by atoms with Gasteiger partial charge >= 0.3 is 0 Å². The van der Waals surface area contributed by atoms with E-state index in [0.29, 0.717) is 16.2 Å². The number of pyridine rings is 1. The quantitative estimate of drug-likeness (QED) is 0.409. The maximum atomic E-state index is 12.7. The predicted octanol–water partition coefficient (Wildman–Crippen LogP) is 0.117. The lowest BCUT2D eigenvalue weighted by molar-refractivity contribution is 0.0967. The highest BCUT2D eigenvalue weighted by atomic mass is 32.2. The maximum Gasteiger partial charge on any atom is 0.251 e. The highest BCUT2D eigenvalue weighted by molar-refractivity contribution is 7.89. The van der Waals surface area contributed by atoms with Crippen molar-refractivity contribution in [2.45, 2.75) is 24.3 Å². The summed E-state index contributed by atoms with van der Waals surface area (Å²) in [5, 5.41) is 0. The zero-order valence-corrected chi connectivity index (χ0v) is 15.8. The molecule has 2 aromatic rings. The van der Waals surface area contributed by atoms with Crippen LogP contribution in [0.1, 0.15) is 23.2 Å². The Kier molecular flexibility index (Phi) is 5.85. The number of benzene rings is 1. The van der Waals surface area contributed by atoms with Gasteiger partial charge in [-0.2, -0.15) is 0 Å². The van der Waals surface area contributed by atoms with Crippen molar-refractivity contribution in [3.05, 3.63) is 52.4 Å². The summed E-state index contributed by atoms with van der Waals surface area (Å²) in [6.07, 6.45) is 3.57. The summed E-state index contributed by atoms with van der Waals surface area (Å²) in [5.74, 6) is 0.257. The fourth-order valence-electron chi connectivity index (χ4n) is 3.01. The second kappa shape index (κ2) is 8.12. The third-order valence-electron chi connectivity index (χ3n) is 4.43. The minimum absolute atomic E-state index is 0.122. The molecule has 8 heteroatoms. The van der Waals surface area contributed by atoms with Crippen LogP contribution in [-0.2, 0) is 17.9 Å². The summed E-state index contributed by atoms with van der Waals surface area (Å²) in [6, 6.07) is 8.26. The number of Topliss-reactive ketones (excluding diaryl/α,β-unsaturated/α-hetero) is 1. The maximum absolute atomic E-state index is 12.7. The largest absolute Gasteiger partial charge is 0.593 e. The van der Waals surface area contributed by atoms with Gasteiger partial charge in [-0.25, -0.2) is 0 Å². The number of hydrogen-bond acceptors (Lipinski definition) is 5. The van der Waals surface area contributed by atoms with E-state index in [1.807, 2.05) is 18.2 Å². The molecule has 1 saturated heterocycles. The van der Waals surface area contributed by atoms with Gasteiger partial charge in [-0.05, 0) is 25.0 Å². The van der Waals surface area contributed by atoms with Crippen LogP contribution < -0.4 is 15.8 Å². The van der Waals surface area contributed by atoms with E-state index in [1.165, 1.54) is 23.9 Å². The van der Waals surface area contributed by atoms with Crippen molar-refractivity contribution >= 4 is 30.5 Å². The monoisotopic (exact) mass is 372 g/mol. The summed E-state index contributed by atoms with van der Waals surface area (Å²) in [6.45, 7) is 1.44. The van der Waals surface area contributed by atoms with Crippen LogP contribution in [0.2, 0.25) is 0 Å². The van der Waals surface area contributed by atoms with E-state index < -0.39 is 11.4 Å². The van der Waals surface area contributed by atoms with E-state index in [0.717, 1.165) is 31.4 Å². The van der Waals surface area contributed by atoms with Gasteiger partial charge < -0.3 is 13.9 Å². The van der Waals surface area contributed by atoms with Crippen molar-refractivity contribution in [3.8, 4) is 5.75 Å². The number of carbonyl (C=O) groups is 1. The molecule has 1 aliphatic rings. The van der Waals surface area contributed by atoms with Crippen molar-refractivity contribution in [2.75, 3.05) is 20.2 Å². The molecule has 1 fully saturated rings. The van der Waals surface area contributed by atoms with Gasteiger partial charge in [-0.3, -0.25) is 9.59 Å². The Morgan fingerprint density at radius 1 is 1.27 bits per heavy atom. The minimum atomic E-state index is -1.31. The van der Waals surface area contributed by atoms with Crippen molar-refractivity contribution in [3.63, 3.8) is 0 Å². The highest BCUT2D eigenvalue weighted by Crippen LogP contribution is 2.20. The predicted molar refractivity (Wildman–Crippen MR) is 103 cm³/mol. The van der Waals surface area contributed by atoms with Gasteiger partial charge in [0.1, 0.15) is 13.6 Å². The Morgan fingerprint density at radius 2 is 2.00 bits per heavy atom. The molecule has 6 nitrogen and oxygen atoms in total. The van der Waals surface area contributed by atoms with Gasteiger partial charge in [-0.15, -0.1) is 4.31 Å². The summed E-state index contributed by atoms with van der Waals surface area (Å²) >= 11 is -1.31. The van der Waals surface area contributed by atoms with Crippen LogP contribution in [0.15, 0.2) is 46.2 Å². The van der Waals surface area contributed by atoms with E-state index in [-0.39, 0.29) is 17.9 Å². The summed E-state index contributed by atoms with van der Waals surface area (Å²) in [4.78, 5) is 25.4. The van der Waals surface area contributed by atoms with Crippen LogP contribution in [0.3, 0.4) is 0 Å². The first-order valence-electron chi connectivity index (χ1n) is 8.55. The molecular formula is C18H21BN2O4S. The first-order valence-corrected chi connectivity index (χ1v) is 9.65. The number of hydrogen-bond donors (Lipinski definition) is 0. The third kappa shape index (κ3) is 4.03. The molecule has 0 N–H and O–H groups in total. The van der Waals surface area contributed by atoms with Crippen LogP contribution >= 0.6 is 0 Å². The lowest BCUT2D eigenvalue weighted by Gasteiger charge is -2.19. The molecule has 2 heterocycles. The van der Waals surface area contributed by atoms with Gasteiger partial charge in [0.25, 0.3) is 5.56 Å². The number of carbonyl (C=O) groups excluding carboxylic acids is 1. The fraction of sp³-hybridized carbons (Fsp3) is 0.333. The lowest BCUT2D eigenvalue weighted by Crippen LogP contribution is -2.30. The number of methoxy groups -OCH3 is 1. The van der Waals surface area contributed by atoms with Crippen LogP contribution in [-0.4, -0.2) is 47.3 Å². The summed E-state index contributed by atoms with van der Waals surface area (Å²) in [7, 11) is 3.43. The van der Waals surface area contributed by atoms with Gasteiger partial charge in [0, 0.05) is 25.2 Å². The van der Waals surface area contributed by atoms with E-state index in [2.05, 4.69) is 0 Å². The van der Waals surface area contributed by atoms with Crippen molar-refractivity contribution in [2.24, 2.45) is 0 Å². The molecule has 136 valence electrons. The molecule has 1 unspecified atom stereocenters. The van der Waals surface area contributed by atoms with Crippen molar-refractivity contribution < 1.29 is 14.1 Å². The molecule has 1 aromatic heterocycles. The number of ether oxygens (including phenoxy) is 1. The number of aromatic nitrogens is 1. The smallest absolute Gasteiger partial charge is 0.251 e. The SMILES string of the molecule is Bc1ccc(C(=O)Cn2cc([S+]([O-])N3CCCC3)ccc2=O)c(OC)c1. The summed E-state index contributed by atoms with van der Waals surface area (Å²) in [5.41, 5.74) is 1.11. The third-order valence-corrected chi connectivity index (χ3v) is 5.91. The first kappa shape index (κ1) is 18.8. The van der Waals surface area contributed by atoms with Gasteiger partial charge in [0.05, 0.1) is 36.8 Å². The molecule has 0 aliphatic carbocycles. The molecule has 3 rings (SSSR count). The highest BCUT2D eigenvalue weighted by Gasteiger charge is 2.26. The Hall–Kier alpha value is -2.03. The molecule has 0 bridgehead atoms. The standard InChI is InChI=1S/C18H21BN2O4S/c1-25-17-10-13(19)4-6-15(17)16(22)12-20-11-14(5-7-18(20)23)26(24)21-8-2-3-9-21/h4-7,10-11H,2-3,8-9,12,19H2,1H3. The second-order valence-electron chi connectivity index (χ2n) is 6.34. The minimum Gasteiger partial charge on any atom is -0.593 e. The molecule has 0 amide bonds. The lowest BCUT2D eigenvalue weighted by atomic mass is 9.93. The van der Waals surface area contributed by atoms with E-state index in [9.17, 15) is 14.1 Å². The molecule has 1 aliphatic heterocycles. The summed E-state index contributed by atoms with van der Waals surface area (Å²) < 4.78 is 21.1. The molecule has 0 radical (unpaired) electrons. The first-order chi connectivity index (χ1) is 12.5. The van der Waals surface area contributed by atoms with E-state index in [4.69, 9.17) is 4.74 Å². The molecule has 1 atom stereocenters. The van der Waals surface area contributed by atoms with Crippen molar-refractivity contribution in [1.29, 1.82) is 0 Å². The normalized spacial score (nSPS) is 15.8. The average Bonchev–Trinajstić information content (AvgIpc) is 3.17. The van der Waals surface area contributed by atoms with Crippen LogP contribution in [0.25, 0.3) is 0 Å². The Labute approximate surface area is 156 Å². The fourth-order valence-corrected chi connectivity index (χ4v) is 4.30. The number of ketones is 1. The van der Waals surface area contributed by atoms with E-state index in [1.54, 1.807) is 18.2 Å². The molecule has 0 saturated carbocycles. The molecule has 1 aromatic carbocycles.